The van der Waals surface area contributed by atoms with Crippen molar-refractivity contribution in [2.24, 2.45) is 28.5 Å². The number of nitrogens with two attached hydrogens (primary N) is 1. The number of rotatable bonds is 6. The quantitative estimate of drug-likeness (QED) is 0.543. The minimum Gasteiger partial charge on any atom is -0.369 e. The van der Waals surface area contributed by atoms with Gasteiger partial charge in [-0.15, -0.1) is 0 Å². The van der Waals surface area contributed by atoms with Gasteiger partial charge in [0.15, 0.2) is 5.96 Å². The number of piperidine rings is 1. The number of guanidine groups is 1. The third kappa shape index (κ3) is 5.79. The number of nitrogens with one attached hydrogen (secondary N) is 1. The maximum Gasteiger partial charge on any atom is 0.221 e. The average molecular weight is 426 g/mol. The average Bonchev–Trinajstić information content (AvgIpc) is 3.21. The number of carbonyl (C=O) groups is 1. The Kier molecular flexibility index (Phi) is 7.49. The number of amides is 1. The largest absolute Gasteiger partial charge is 0.369 e. The van der Waals surface area contributed by atoms with Gasteiger partial charge in [-0.05, 0) is 62.1 Å². The topological polar surface area (TPSA) is 74.0 Å². The van der Waals surface area contributed by atoms with Crippen LogP contribution in [0.15, 0.2) is 29.3 Å². The van der Waals surface area contributed by atoms with E-state index in [1.807, 2.05) is 0 Å². The molecule has 3 unspecified atom stereocenters. The van der Waals surface area contributed by atoms with E-state index >= 15 is 0 Å². The molecule has 2 heterocycles. The molecule has 3 N–H and O–H groups in total. The lowest BCUT2D eigenvalue weighted by molar-refractivity contribution is -0.123. The number of benzene rings is 1. The molecule has 1 saturated carbocycles. The highest BCUT2D eigenvalue weighted by atomic mass is 16.1. The van der Waals surface area contributed by atoms with Crippen molar-refractivity contribution in [2.45, 2.75) is 58.5 Å². The molecule has 3 aliphatic rings. The first-order valence-corrected chi connectivity index (χ1v) is 12.2. The Bertz CT molecular complexity index is 765. The number of aliphatic imine (C=N–C) groups is 1. The van der Waals surface area contributed by atoms with Crippen LogP contribution in [0.5, 0.6) is 0 Å². The zero-order valence-corrected chi connectivity index (χ0v) is 19.1. The molecule has 1 amide bonds. The van der Waals surface area contributed by atoms with Gasteiger partial charge >= 0.3 is 0 Å². The molecule has 2 saturated heterocycles. The molecule has 3 atom stereocenters. The molecule has 0 aromatic heterocycles. The lowest BCUT2D eigenvalue weighted by Gasteiger charge is -2.31. The fourth-order valence-electron chi connectivity index (χ4n) is 5.69. The third-order valence-electron chi connectivity index (χ3n) is 7.33. The molecule has 31 heavy (non-hydrogen) atoms. The molecule has 6 nitrogen and oxygen atoms in total. The molecule has 1 aromatic rings. The maximum absolute atomic E-state index is 11.6. The molecular weight excluding hydrogens is 386 g/mol. The number of fused-ring (bicyclic) bond motifs is 1. The molecule has 0 bridgehead atoms. The maximum atomic E-state index is 11.6. The Hall–Kier alpha value is -2.08. The van der Waals surface area contributed by atoms with Crippen LogP contribution in [0.2, 0.25) is 0 Å². The summed E-state index contributed by atoms with van der Waals surface area (Å²) in [5.74, 6) is 2.62. The molecule has 0 spiro atoms. The van der Waals surface area contributed by atoms with Crippen molar-refractivity contribution < 1.29 is 4.79 Å². The van der Waals surface area contributed by atoms with Crippen LogP contribution in [-0.4, -0.2) is 54.4 Å². The van der Waals surface area contributed by atoms with Crippen molar-refractivity contribution in [3.8, 4) is 0 Å². The summed E-state index contributed by atoms with van der Waals surface area (Å²) < 4.78 is 0. The van der Waals surface area contributed by atoms with Crippen LogP contribution in [0.25, 0.3) is 0 Å². The summed E-state index contributed by atoms with van der Waals surface area (Å²) in [6, 6.07) is 8.75. The first-order valence-electron chi connectivity index (χ1n) is 12.2. The Labute approximate surface area is 187 Å². The van der Waals surface area contributed by atoms with E-state index in [-0.39, 0.29) is 11.8 Å². The zero-order chi connectivity index (χ0) is 21.6. The van der Waals surface area contributed by atoms with E-state index in [2.05, 4.69) is 46.3 Å². The van der Waals surface area contributed by atoms with E-state index in [0.29, 0.717) is 6.54 Å². The Morgan fingerprint density at radius 3 is 2.55 bits per heavy atom. The minimum absolute atomic E-state index is 0.00614. The second kappa shape index (κ2) is 10.5. The molecule has 1 aromatic carbocycles. The number of carbonyl (C=O) groups excluding carboxylic acids is 1. The molecule has 1 aliphatic carbocycles. The summed E-state index contributed by atoms with van der Waals surface area (Å²) in [5.41, 5.74) is 8.07. The Morgan fingerprint density at radius 2 is 1.84 bits per heavy atom. The fraction of sp³-hybridized carbons (Fsp3) is 0.680. The van der Waals surface area contributed by atoms with Gasteiger partial charge in [0.2, 0.25) is 5.91 Å². The van der Waals surface area contributed by atoms with Gasteiger partial charge in [-0.2, -0.15) is 0 Å². The van der Waals surface area contributed by atoms with E-state index in [4.69, 9.17) is 10.7 Å². The highest BCUT2D eigenvalue weighted by Gasteiger charge is 2.35. The fourth-order valence-corrected chi connectivity index (χ4v) is 5.69. The molecule has 170 valence electrons. The van der Waals surface area contributed by atoms with Crippen LogP contribution in [0.3, 0.4) is 0 Å². The SMILES string of the molecule is CCNC(=NCc1cccc(CN2CCCC(C(N)=O)C2)c1)N1CC2CCCCC2C1. The van der Waals surface area contributed by atoms with Crippen LogP contribution in [-0.2, 0) is 17.9 Å². The van der Waals surface area contributed by atoms with Crippen molar-refractivity contribution in [3.63, 3.8) is 0 Å². The summed E-state index contributed by atoms with van der Waals surface area (Å²) >= 11 is 0. The second-order valence-electron chi connectivity index (χ2n) is 9.68. The smallest absolute Gasteiger partial charge is 0.221 e. The number of hydrogen-bond acceptors (Lipinski definition) is 3. The first kappa shape index (κ1) is 22.1. The van der Waals surface area contributed by atoms with E-state index in [9.17, 15) is 4.79 Å². The summed E-state index contributed by atoms with van der Waals surface area (Å²) in [7, 11) is 0. The van der Waals surface area contributed by atoms with Crippen LogP contribution >= 0.6 is 0 Å². The standard InChI is InChI=1S/C25H39N5O/c1-2-27-25(30-17-21-9-3-4-10-22(21)18-30)28-14-19-7-5-8-20(13-19)15-29-12-6-11-23(16-29)24(26)31/h5,7-8,13,21-23H,2-4,6,9-12,14-18H2,1H3,(H2,26,31)(H,27,28). The Balaban J connectivity index is 1.37. The minimum atomic E-state index is -0.162. The van der Waals surface area contributed by atoms with Gasteiger partial charge in [0.25, 0.3) is 0 Å². The molecule has 4 rings (SSSR count). The Morgan fingerprint density at radius 1 is 1.10 bits per heavy atom. The highest BCUT2D eigenvalue weighted by Crippen LogP contribution is 2.36. The van der Waals surface area contributed by atoms with Gasteiger partial charge in [-0.3, -0.25) is 9.69 Å². The van der Waals surface area contributed by atoms with E-state index < -0.39 is 0 Å². The summed E-state index contributed by atoms with van der Waals surface area (Å²) in [6.45, 7) is 8.76. The zero-order valence-electron chi connectivity index (χ0n) is 19.1. The molecule has 0 radical (unpaired) electrons. The van der Waals surface area contributed by atoms with Gasteiger partial charge in [-0.25, -0.2) is 4.99 Å². The normalized spacial score (nSPS) is 27.2. The first-order chi connectivity index (χ1) is 15.1. The summed E-state index contributed by atoms with van der Waals surface area (Å²) in [4.78, 5) is 21.4. The number of hydrogen-bond donors (Lipinski definition) is 2. The van der Waals surface area contributed by atoms with Crippen LogP contribution in [0.1, 0.15) is 56.6 Å². The van der Waals surface area contributed by atoms with E-state index in [1.165, 1.54) is 36.8 Å². The highest BCUT2D eigenvalue weighted by molar-refractivity contribution is 5.80. The number of primary amides is 1. The summed E-state index contributed by atoms with van der Waals surface area (Å²) in [5, 5.41) is 3.52. The molecule has 2 aliphatic heterocycles. The van der Waals surface area contributed by atoms with Gasteiger partial charge in [-0.1, -0.05) is 37.1 Å². The van der Waals surface area contributed by atoms with E-state index in [1.54, 1.807) is 0 Å². The van der Waals surface area contributed by atoms with Crippen molar-refractivity contribution in [3.05, 3.63) is 35.4 Å². The van der Waals surface area contributed by atoms with Crippen molar-refractivity contribution in [1.29, 1.82) is 0 Å². The summed E-state index contributed by atoms with van der Waals surface area (Å²) in [6.07, 6.45) is 7.53. The number of likely N-dealkylation sites (tertiary alicyclic amines) is 2. The van der Waals surface area contributed by atoms with E-state index in [0.717, 1.165) is 69.9 Å². The van der Waals surface area contributed by atoms with Gasteiger partial charge in [0.05, 0.1) is 12.5 Å². The van der Waals surface area contributed by atoms with Gasteiger partial charge < -0.3 is 16.0 Å². The predicted molar refractivity (Wildman–Crippen MR) is 125 cm³/mol. The van der Waals surface area contributed by atoms with Crippen LogP contribution in [0, 0.1) is 17.8 Å². The van der Waals surface area contributed by atoms with Gasteiger partial charge in [0.1, 0.15) is 0 Å². The lowest BCUT2D eigenvalue weighted by Crippen LogP contribution is -2.40. The van der Waals surface area contributed by atoms with Gasteiger partial charge in [0, 0.05) is 32.7 Å². The molecule has 6 heteroatoms. The predicted octanol–water partition coefficient (Wildman–Crippen LogP) is 2.97. The third-order valence-corrected chi connectivity index (χ3v) is 7.33. The lowest BCUT2D eigenvalue weighted by atomic mass is 9.82. The van der Waals surface area contributed by atoms with Crippen molar-refractivity contribution in [1.82, 2.24) is 15.1 Å². The monoisotopic (exact) mass is 425 g/mol. The van der Waals surface area contributed by atoms with Crippen LogP contribution < -0.4 is 11.1 Å². The van der Waals surface area contributed by atoms with Crippen molar-refractivity contribution >= 4 is 11.9 Å². The molecular formula is C25H39N5O. The van der Waals surface area contributed by atoms with Crippen molar-refractivity contribution in [2.75, 3.05) is 32.7 Å². The second-order valence-corrected chi connectivity index (χ2v) is 9.68. The number of nitrogens with zero attached hydrogens (tertiary/aromatic N) is 3. The van der Waals surface area contributed by atoms with Crippen LogP contribution in [0.4, 0.5) is 0 Å². The molecule has 3 fully saturated rings.